The van der Waals surface area contributed by atoms with Crippen LogP contribution in [0.25, 0.3) is 0 Å². The Bertz CT molecular complexity index is 956. The van der Waals surface area contributed by atoms with Crippen LogP contribution in [0.3, 0.4) is 0 Å². The number of thiophene rings is 1. The van der Waals surface area contributed by atoms with Crippen molar-refractivity contribution in [2.75, 3.05) is 18.5 Å². The molecule has 1 aromatic carbocycles. The third kappa shape index (κ3) is 5.53. The van der Waals surface area contributed by atoms with Crippen molar-refractivity contribution in [3.63, 3.8) is 0 Å². The fraction of sp³-hybridized carbons (Fsp3) is 0.458. The van der Waals surface area contributed by atoms with Gasteiger partial charge in [-0.05, 0) is 67.3 Å². The second kappa shape index (κ2) is 9.64. The zero-order chi connectivity index (χ0) is 22.6. The molecule has 0 saturated heterocycles. The molecule has 0 fully saturated rings. The first-order chi connectivity index (χ1) is 14.7. The van der Waals surface area contributed by atoms with Gasteiger partial charge >= 0.3 is 5.97 Å². The van der Waals surface area contributed by atoms with Gasteiger partial charge < -0.3 is 14.8 Å². The van der Waals surface area contributed by atoms with Gasteiger partial charge in [0.25, 0.3) is 5.91 Å². The fourth-order valence-electron chi connectivity index (χ4n) is 3.79. The minimum Gasteiger partial charge on any atom is -0.484 e. The Morgan fingerprint density at radius 1 is 1.23 bits per heavy atom. The number of hydrogen-bond donors (Lipinski definition) is 1. The van der Waals surface area contributed by atoms with Crippen molar-refractivity contribution in [1.29, 1.82) is 0 Å². The van der Waals surface area contributed by atoms with Crippen LogP contribution in [-0.2, 0) is 22.4 Å². The summed E-state index contributed by atoms with van der Waals surface area (Å²) in [4.78, 5) is 37.1. The van der Waals surface area contributed by atoms with Gasteiger partial charge in [-0.2, -0.15) is 0 Å². The molecular weight excluding hydrogens is 414 g/mol. The van der Waals surface area contributed by atoms with Crippen molar-refractivity contribution >= 4 is 34.5 Å². The lowest BCUT2D eigenvalue weighted by atomic mass is 9.72. The van der Waals surface area contributed by atoms with Crippen LogP contribution in [0.2, 0.25) is 0 Å². The number of anilines is 1. The van der Waals surface area contributed by atoms with E-state index in [-0.39, 0.29) is 24.5 Å². The van der Waals surface area contributed by atoms with Crippen molar-refractivity contribution < 1.29 is 23.9 Å². The van der Waals surface area contributed by atoms with E-state index in [1.54, 1.807) is 31.2 Å². The number of carbonyl (C=O) groups excluding carboxylic acids is 3. The van der Waals surface area contributed by atoms with Crippen LogP contribution in [0.1, 0.15) is 65.3 Å². The lowest BCUT2D eigenvalue weighted by molar-refractivity contribution is -0.118. The number of ether oxygens (including phenoxy) is 2. The Hall–Kier alpha value is -2.67. The normalized spacial score (nSPS) is 15.7. The van der Waals surface area contributed by atoms with Gasteiger partial charge in [-0.3, -0.25) is 9.59 Å². The predicted octanol–water partition coefficient (Wildman–Crippen LogP) is 4.91. The highest BCUT2D eigenvalue weighted by molar-refractivity contribution is 7.17. The Balaban J connectivity index is 1.76. The van der Waals surface area contributed by atoms with Gasteiger partial charge in [0.2, 0.25) is 0 Å². The van der Waals surface area contributed by atoms with Gasteiger partial charge in [-0.15, -0.1) is 11.3 Å². The number of benzene rings is 1. The average Bonchev–Trinajstić information content (AvgIpc) is 3.09. The van der Waals surface area contributed by atoms with Crippen LogP contribution >= 0.6 is 11.3 Å². The molecule has 1 aliphatic carbocycles. The standard InChI is InChI=1S/C24H29NO5S/c1-5-29-23(28)21-18-11-8-16(24(2,3)4)12-19(18)31-22(21)25-20(27)14-30-17-9-6-15(13-26)7-10-17/h6-7,9-10,13,16H,5,8,11-12,14H2,1-4H3,(H,25,27)/t16-/m1/s1. The van der Waals surface area contributed by atoms with Crippen LogP contribution in [0.15, 0.2) is 24.3 Å². The summed E-state index contributed by atoms with van der Waals surface area (Å²) in [5.41, 5.74) is 2.21. The fourth-order valence-corrected chi connectivity index (χ4v) is 5.12. The van der Waals surface area contributed by atoms with E-state index in [4.69, 9.17) is 9.47 Å². The Morgan fingerprint density at radius 3 is 2.55 bits per heavy atom. The van der Waals surface area contributed by atoms with Gasteiger partial charge in [0.05, 0.1) is 12.2 Å². The molecule has 31 heavy (non-hydrogen) atoms. The van der Waals surface area contributed by atoms with Crippen molar-refractivity contribution in [2.24, 2.45) is 11.3 Å². The van der Waals surface area contributed by atoms with Crippen LogP contribution < -0.4 is 10.1 Å². The molecular formula is C24H29NO5S. The molecule has 2 aromatic rings. The topological polar surface area (TPSA) is 81.7 Å². The smallest absolute Gasteiger partial charge is 0.341 e. The molecule has 7 heteroatoms. The van der Waals surface area contributed by atoms with E-state index in [2.05, 4.69) is 26.1 Å². The van der Waals surface area contributed by atoms with E-state index in [1.807, 2.05) is 0 Å². The highest BCUT2D eigenvalue weighted by atomic mass is 32.1. The van der Waals surface area contributed by atoms with Crippen molar-refractivity contribution in [3.05, 3.63) is 45.8 Å². The largest absolute Gasteiger partial charge is 0.484 e. The summed E-state index contributed by atoms with van der Waals surface area (Å²) in [6, 6.07) is 6.52. The molecule has 1 amide bonds. The number of rotatable bonds is 7. The van der Waals surface area contributed by atoms with Gasteiger partial charge in [-0.1, -0.05) is 20.8 Å². The summed E-state index contributed by atoms with van der Waals surface area (Å²) in [5, 5.41) is 3.38. The number of aldehydes is 1. The molecule has 0 unspecified atom stereocenters. The van der Waals surface area contributed by atoms with E-state index >= 15 is 0 Å². The van der Waals surface area contributed by atoms with Gasteiger partial charge in [-0.25, -0.2) is 4.79 Å². The molecule has 1 N–H and O–H groups in total. The first-order valence-corrected chi connectivity index (χ1v) is 11.3. The molecule has 1 aromatic heterocycles. The monoisotopic (exact) mass is 443 g/mol. The third-order valence-corrected chi connectivity index (χ3v) is 6.78. The Kier molecular flexibility index (Phi) is 7.15. The van der Waals surface area contributed by atoms with Crippen LogP contribution in [0.4, 0.5) is 5.00 Å². The zero-order valence-corrected chi connectivity index (χ0v) is 19.3. The molecule has 6 nitrogen and oxygen atoms in total. The van der Waals surface area contributed by atoms with E-state index in [1.165, 1.54) is 11.3 Å². The molecule has 166 valence electrons. The van der Waals surface area contributed by atoms with E-state index in [0.717, 1.165) is 36.0 Å². The molecule has 1 atom stereocenters. The predicted molar refractivity (Wildman–Crippen MR) is 121 cm³/mol. The second-order valence-corrected chi connectivity index (χ2v) is 9.86. The molecule has 0 aliphatic heterocycles. The SMILES string of the molecule is CCOC(=O)c1c(NC(=O)COc2ccc(C=O)cc2)sc2c1CC[C@@H](C(C)(C)C)C2. The number of fused-ring (bicyclic) bond motifs is 1. The second-order valence-electron chi connectivity index (χ2n) is 8.76. The summed E-state index contributed by atoms with van der Waals surface area (Å²) in [6.45, 7) is 8.57. The van der Waals surface area contributed by atoms with Gasteiger partial charge in [0.1, 0.15) is 17.0 Å². The maximum Gasteiger partial charge on any atom is 0.341 e. The number of amides is 1. The van der Waals surface area contributed by atoms with E-state index in [9.17, 15) is 14.4 Å². The quantitative estimate of drug-likeness (QED) is 0.486. The highest BCUT2D eigenvalue weighted by Gasteiger charge is 2.34. The molecule has 1 heterocycles. The summed E-state index contributed by atoms with van der Waals surface area (Å²) in [6.07, 6.45) is 3.45. The molecule has 0 radical (unpaired) electrons. The highest BCUT2D eigenvalue weighted by Crippen LogP contribution is 2.44. The van der Waals surface area contributed by atoms with Crippen LogP contribution in [0.5, 0.6) is 5.75 Å². The minimum absolute atomic E-state index is 0.183. The molecule has 3 rings (SSSR count). The molecule has 0 bridgehead atoms. The molecule has 1 aliphatic rings. The first-order valence-electron chi connectivity index (χ1n) is 10.5. The maximum atomic E-state index is 12.7. The van der Waals surface area contributed by atoms with Crippen LogP contribution in [-0.4, -0.2) is 31.4 Å². The van der Waals surface area contributed by atoms with Crippen molar-refractivity contribution in [3.8, 4) is 5.75 Å². The van der Waals surface area contributed by atoms with Crippen molar-refractivity contribution in [1.82, 2.24) is 0 Å². The van der Waals surface area contributed by atoms with E-state index in [0.29, 0.717) is 27.8 Å². The lowest BCUT2D eigenvalue weighted by Gasteiger charge is -2.33. The Labute approximate surface area is 186 Å². The maximum absolute atomic E-state index is 12.7. The van der Waals surface area contributed by atoms with Gasteiger partial charge in [0.15, 0.2) is 6.61 Å². The number of carbonyl (C=O) groups is 3. The summed E-state index contributed by atoms with van der Waals surface area (Å²) in [5.74, 6) is 0.269. The van der Waals surface area contributed by atoms with Crippen LogP contribution in [0, 0.1) is 11.3 Å². The molecule has 0 spiro atoms. The average molecular weight is 444 g/mol. The van der Waals surface area contributed by atoms with E-state index < -0.39 is 5.97 Å². The van der Waals surface area contributed by atoms with Crippen molar-refractivity contribution in [2.45, 2.75) is 47.0 Å². The number of hydrogen-bond acceptors (Lipinski definition) is 6. The Morgan fingerprint density at radius 2 is 1.94 bits per heavy atom. The third-order valence-electron chi connectivity index (χ3n) is 5.61. The van der Waals surface area contributed by atoms with Gasteiger partial charge in [0, 0.05) is 10.4 Å². The summed E-state index contributed by atoms with van der Waals surface area (Å²) < 4.78 is 10.8. The number of esters is 1. The minimum atomic E-state index is -0.394. The summed E-state index contributed by atoms with van der Waals surface area (Å²) in [7, 11) is 0. The first kappa shape index (κ1) is 23.0. The number of nitrogens with one attached hydrogen (secondary N) is 1. The lowest BCUT2D eigenvalue weighted by Crippen LogP contribution is -2.26. The zero-order valence-electron chi connectivity index (χ0n) is 18.4. The summed E-state index contributed by atoms with van der Waals surface area (Å²) >= 11 is 1.46. The molecule has 0 saturated carbocycles.